The van der Waals surface area contributed by atoms with Crippen LogP contribution in [0.25, 0.3) is 11.0 Å². The molecule has 2 N–H and O–H groups in total. The molecule has 0 aliphatic carbocycles. The second-order valence-corrected chi connectivity index (χ2v) is 11.6. The van der Waals surface area contributed by atoms with Gasteiger partial charge in [-0.3, -0.25) is 5.10 Å². The number of aromatic nitrogens is 3. The normalized spacial score (nSPS) is 11.9. The molecular weight excluding hydrogens is 274 g/mol. The van der Waals surface area contributed by atoms with Crippen molar-refractivity contribution in [2.24, 2.45) is 0 Å². The zero-order chi connectivity index (χ0) is 14.8. The summed E-state index contributed by atoms with van der Waals surface area (Å²) in [6.07, 6.45) is 1.62. The first-order valence-electron chi connectivity index (χ1n) is 6.51. The smallest absolute Gasteiger partial charge is 0.354 e. The highest BCUT2D eigenvalue weighted by Crippen LogP contribution is 2.20. The Balaban J connectivity index is 2.13. The van der Waals surface area contributed by atoms with Gasteiger partial charge >= 0.3 is 5.97 Å². The Bertz CT molecular complexity index is 619. The Kier molecular flexibility index (Phi) is 4.19. The van der Waals surface area contributed by atoms with Gasteiger partial charge in [-0.05, 0) is 17.7 Å². The minimum atomic E-state index is -1.11. The van der Waals surface area contributed by atoms with Crippen LogP contribution < -0.4 is 0 Å². The van der Waals surface area contributed by atoms with E-state index in [1.54, 1.807) is 12.3 Å². The van der Waals surface area contributed by atoms with Crippen molar-refractivity contribution in [3.63, 3.8) is 0 Å². The van der Waals surface area contributed by atoms with Gasteiger partial charge < -0.3 is 9.84 Å². The van der Waals surface area contributed by atoms with Crippen LogP contribution >= 0.6 is 0 Å². The first-order valence-corrected chi connectivity index (χ1v) is 10.2. The number of carboxylic acids is 1. The Morgan fingerprint density at radius 3 is 2.85 bits per heavy atom. The van der Waals surface area contributed by atoms with Crippen LogP contribution in [0.15, 0.2) is 12.3 Å². The Morgan fingerprint density at radius 1 is 1.45 bits per heavy atom. The predicted molar refractivity (Wildman–Crippen MR) is 78.7 cm³/mol. The number of hydrogen-bond donors (Lipinski definition) is 2. The van der Waals surface area contributed by atoms with Gasteiger partial charge in [-0.25, -0.2) is 9.78 Å². The first kappa shape index (κ1) is 14.7. The molecule has 2 aromatic heterocycles. The van der Waals surface area contributed by atoms with Crippen molar-refractivity contribution in [2.45, 2.75) is 32.3 Å². The van der Waals surface area contributed by atoms with Crippen molar-refractivity contribution < 1.29 is 14.6 Å². The molecule has 2 rings (SSSR count). The van der Waals surface area contributed by atoms with Crippen LogP contribution in [0.2, 0.25) is 25.7 Å². The topological polar surface area (TPSA) is 88.1 Å². The Labute approximate surface area is 118 Å². The maximum absolute atomic E-state index is 11.2. The van der Waals surface area contributed by atoms with E-state index in [4.69, 9.17) is 9.84 Å². The SMILES string of the molecule is C[Si](C)(C)CCOCc1ccnc2n[nH]c(C(=O)O)c12. The van der Waals surface area contributed by atoms with E-state index in [-0.39, 0.29) is 5.69 Å². The van der Waals surface area contributed by atoms with Crippen molar-refractivity contribution in [3.8, 4) is 0 Å². The molecule has 0 saturated heterocycles. The molecular formula is C13H19N3O3Si. The number of rotatable bonds is 6. The van der Waals surface area contributed by atoms with Gasteiger partial charge in [0, 0.05) is 20.9 Å². The summed E-state index contributed by atoms with van der Waals surface area (Å²) in [7, 11) is -1.11. The molecule has 0 aromatic carbocycles. The number of aromatic amines is 1. The molecule has 0 saturated carbocycles. The van der Waals surface area contributed by atoms with Gasteiger partial charge in [-0.2, -0.15) is 5.10 Å². The van der Waals surface area contributed by atoms with E-state index in [1.165, 1.54) is 0 Å². The number of carboxylic acid groups (broad SMARTS) is 1. The molecule has 0 spiro atoms. The third-order valence-corrected chi connectivity index (χ3v) is 4.71. The van der Waals surface area contributed by atoms with Crippen LogP contribution in [-0.2, 0) is 11.3 Å². The number of hydrogen-bond acceptors (Lipinski definition) is 4. The maximum Gasteiger partial charge on any atom is 0.354 e. The van der Waals surface area contributed by atoms with Crippen LogP contribution in [0.1, 0.15) is 16.1 Å². The van der Waals surface area contributed by atoms with Crippen molar-refractivity contribution in [1.82, 2.24) is 15.2 Å². The van der Waals surface area contributed by atoms with Crippen LogP contribution in [-0.4, -0.2) is 40.9 Å². The zero-order valence-electron chi connectivity index (χ0n) is 11.9. The summed E-state index contributed by atoms with van der Waals surface area (Å²) in [5, 5.41) is 16.1. The molecule has 7 heteroatoms. The van der Waals surface area contributed by atoms with E-state index in [1.807, 2.05) is 0 Å². The summed E-state index contributed by atoms with van der Waals surface area (Å²) in [5.74, 6) is -1.04. The third-order valence-electron chi connectivity index (χ3n) is 3.01. The van der Waals surface area contributed by atoms with Crippen molar-refractivity contribution in [3.05, 3.63) is 23.5 Å². The number of fused-ring (bicyclic) bond motifs is 1. The number of H-pyrrole nitrogens is 1. The van der Waals surface area contributed by atoms with Crippen molar-refractivity contribution in [2.75, 3.05) is 6.61 Å². The molecule has 0 bridgehead atoms. The van der Waals surface area contributed by atoms with Crippen LogP contribution in [0.4, 0.5) is 0 Å². The highest BCUT2D eigenvalue weighted by atomic mass is 28.3. The highest BCUT2D eigenvalue weighted by Gasteiger charge is 2.17. The van der Waals surface area contributed by atoms with E-state index in [2.05, 4.69) is 34.8 Å². The summed E-state index contributed by atoms with van der Waals surface area (Å²) >= 11 is 0. The largest absolute Gasteiger partial charge is 0.477 e. The number of aromatic carboxylic acids is 1. The quantitative estimate of drug-likeness (QED) is 0.631. The van der Waals surface area contributed by atoms with Gasteiger partial charge in [-0.1, -0.05) is 19.6 Å². The number of pyridine rings is 1. The van der Waals surface area contributed by atoms with E-state index >= 15 is 0 Å². The van der Waals surface area contributed by atoms with Gasteiger partial charge in [0.05, 0.1) is 12.0 Å². The summed E-state index contributed by atoms with van der Waals surface area (Å²) in [4.78, 5) is 15.2. The number of nitrogens with zero attached hydrogens (tertiary/aromatic N) is 2. The summed E-state index contributed by atoms with van der Waals surface area (Å²) in [6.45, 7) is 7.95. The molecule has 0 aliphatic rings. The second kappa shape index (κ2) is 5.72. The van der Waals surface area contributed by atoms with E-state index in [9.17, 15) is 4.79 Å². The van der Waals surface area contributed by atoms with E-state index in [0.717, 1.165) is 11.6 Å². The lowest BCUT2D eigenvalue weighted by Gasteiger charge is -2.15. The standard InChI is InChI=1S/C13H19N3O3Si/c1-20(2,3)7-6-19-8-9-4-5-14-12-10(9)11(13(17)18)15-16-12/h4-5H,6-8H2,1-3H3,(H,17,18)(H,14,15,16). The van der Waals surface area contributed by atoms with Gasteiger partial charge in [0.1, 0.15) is 0 Å². The fraction of sp³-hybridized carbons (Fsp3) is 0.462. The third kappa shape index (κ3) is 3.43. The van der Waals surface area contributed by atoms with Crippen LogP contribution in [0.5, 0.6) is 0 Å². The second-order valence-electron chi connectivity index (χ2n) is 5.94. The van der Waals surface area contributed by atoms with Gasteiger partial charge in [0.2, 0.25) is 0 Å². The summed E-state index contributed by atoms with van der Waals surface area (Å²) in [5.41, 5.74) is 1.28. The monoisotopic (exact) mass is 293 g/mol. The van der Waals surface area contributed by atoms with Gasteiger partial charge in [0.15, 0.2) is 11.3 Å². The van der Waals surface area contributed by atoms with Crippen LogP contribution in [0.3, 0.4) is 0 Å². The highest BCUT2D eigenvalue weighted by molar-refractivity contribution is 6.76. The average molecular weight is 293 g/mol. The Hall–Kier alpha value is -1.73. The molecule has 0 amide bonds. The molecule has 0 radical (unpaired) electrons. The fourth-order valence-corrected chi connectivity index (χ4v) is 2.60. The number of ether oxygens (including phenoxy) is 1. The fourth-order valence-electron chi connectivity index (χ4n) is 1.85. The van der Waals surface area contributed by atoms with E-state index < -0.39 is 14.0 Å². The van der Waals surface area contributed by atoms with Gasteiger partial charge in [-0.15, -0.1) is 0 Å². The molecule has 108 valence electrons. The van der Waals surface area contributed by atoms with Crippen LogP contribution in [0, 0.1) is 0 Å². The maximum atomic E-state index is 11.2. The van der Waals surface area contributed by atoms with E-state index in [0.29, 0.717) is 24.2 Å². The summed E-state index contributed by atoms with van der Waals surface area (Å²) in [6, 6.07) is 2.86. The molecule has 2 heterocycles. The molecule has 0 atom stereocenters. The lowest BCUT2D eigenvalue weighted by atomic mass is 10.1. The zero-order valence-corrected chi connectivity index (χ0v) is 12.9. The van der Waals surface area contributed by atoms with Crippen molar-refractivity contribution >= 4 is 25.1 Å². The molecule has 0 fully saturated rings. The van der Waals surface area contributed by atoms with Gasteiger partial charge in [0.25, 0.3) is 0 Å². The minimum absolute atomic E-state index is 0.0666. The molecule has 2 aromatic rings. The lowest BCUT2D eigenvalue weighted by molar-refractivity contribution is 0.0692. The Morgan fingerprint density at radius 2 is 2.20 bits per heavy atom. The lowest BCUT2D eigenvalue weighted by Crippen LogP contribution is -2.21. The molecule has 0 aliphatic heterocycles. The molecule has 0 unspecified atom stereocenters. The van der Waals surface area contributed by atoms with Crippen molar-refractivity contribution in [1.29, 1.82) is 0 Å². The summed E-state index contributed by atoms with van der Waals surface area (Å²) < 4.78 is 5.68. The first-order chi connectivity index (χ1) is 9.38. The average Bonchev–Trinajstić information content (AvgIpc) is 2.78. The predicted octanol–water partition coefficient (Wildman–Crippen LogP) is 2.51. The minimum Gasteiger partial charge on any atom is -0.477 e. The number of carbonyl (C=O) groups is 1. The molecule has 20 heavy (non-hydrogen) atoms. The number of nitrogens with one attached hydrogen (secondary N) is 1. The molecule has 6 nitrogen and oxygen atoms in total.